The second kappa shape index (κ2) is 12.2. The zero-order valence-corrected chi connectivity index (χ0v) is 18.0. The molecule has 0 amide bonds. The summed E-state index contributed by atoms with van der Waals surface area (Å²) in [6.07, 6.45) is 1.41. The Morgan fingerprint density at radius 2 is 2.12 bits per heavy atom. The minimum Gasteiger partial charge on any atom is -0.491 e. The van der Waals surface area contributed by atoms with Gasteiger partial charge < -0.3 is 14.9 Å². The molecule has 172 valence electrons. The Morgan fingerprint density at radius 1 is 1.28 bits per heavy atom. The Kier molecular flexibility index (Phi) is 9.01. The second-order valence-corrected chi connectivity index (χ2v) is 7.71. The lowest BCUT2D eigenvalue weighted by Gasteiger charge is -2.23. The van der Waals surface area contributed by atoms with Crippen LogP contribution in [-0.2, 0) is 29.3 Å². The summed E-state index contributed by atoms with van der Waals surface area (Å²) in [6, 6.07) is 11.9. The molecule has 1 aromatic heterocycles. The van der Waals surface area contributed by atoms with Crippen molar-refractivity contribution in [2.24, 2.45) is 0 Å². The van der Waals surface area contributed by atoms with Gasteiger partial charge in [-0.1, -0.05) is 12.1 Å². The first-order chi connectivity index (χ1) is 15.6. The number of fused-ring (bicyclic) bond motifs is 1. The van der Waals surface area contributed by atoms with Crippen molar-refractivity contribution in [3.63, 3.8) is 0 Å². The molecule has 0 aliphatic carbocycles. The van der Waals surface area contributed by atoms with Gasteiger partial charge in [-0.15, -0.1) is 0 Å². The number of hydroxylamine groups is 2. The fourth-order valence-electron chi connectivity index (χ4n) is 3.84. The molecule has 2 aliphatic rings. The predicted octanol–water partition coefficient (Wildman–Crippen LogP) is 1.24. The highest BCUT2D eigenvalue weighted by Gasteiger charge is 2.19. The zero-order valence-electron chi connectivity index (χ0n) is 18.0. The van der Waals surface area contributed by atoms with Crippen LogP contribution in [0.5, 0.6) is 5.75 Å². The number of β-amino-alcohol motifs (C(OH)–C–C–N with tert-alkyl or cyclic N) is 1. The first-order valence-corrected chi connectivity index (χ1v) is 10.7. The lowest BCUT2D eigenvalue weighted by Crippen LogP contribution is -2.35. The summed E-state index contributed by atoms with van der Waals surface area (Å²) in [4.78, 5) is 16.1. The molecule has 4 rings (SSSR count). The third-order valence-electron chi connectivity index (χ3n) is 5.20. The standard InChI is InChI=1S/C21H27N5O3.CH2O2/c22-12-18-11-19-14-24(6-2-8-26(19)23-18)15-20(27)16-28-21-5-1-4-17(10-21)13-25-7-3-9-29-25;2-1-3/h1,4-5,10-11,20,27H,2-3,6-9,13-16H2;1H,(H,2,3). The molecule has 10 nitrogen and oxygen atoms in total. The summed E-state index contributed by atoms with van der Waals surface area (Å²) < 4.78 is 7.74. The number of nitrogens with zero attached hydrogens (tertiary/aromatic N) is 5. The minimum absolute atomic E-state index is 0.239. The van der Waals surface area contributed by atoms with Crippen LogP contribution in [0.4, 0.5) is 0 Å². The largest absolute Gasteiger partial charge is 0.491 e. The van der Waals surface area contributed by atoms with Crippen molar-refractivity contribution in [3.8, 4) is 11.8 Å². The van der Waals surface area contributed by atoms with Gasteiger partial charge in [0.05, 0.1) is 12.3 Å². The third-order valence-corrected chi connectivity index (χ3v) is 5.20. The molecular weight excluding hydrogens is 414 g/mol. The van der Waals surface area contributed by atoms with Crippen LogP contribution < -0.4 is 4.74 Å². The van der Waals surface area contributed by atoms with Crippen molar-refractivity contribution in [1.29, 1.82) is 5.26 Å². The average molecular weight is 444 g/mol. The highest BCUT2D eigenvalue weighted by molar-refractivity contribution is 5.32. The first kappa shape index (κ1) is 23.7. The molecule has 1 aromatic carbocycles. The summed E-state index contributed by atoms with van der Waals surface area (Å²) in [7, 11) is 0. The van der Waals surface area contributed by atoms with Gasteiger partial charge in [-0.3, -0.25) is 19.2 Å². The van der Waals surface area contributed by atoms with Gasteiger partial charge in [0, 0.05) is 39.3 Å². The van der Waals surface area contributed by atoms with Crippen LogP contribution >= 0.6 is 0 Å². The Hall–Kier alpha value is -2.97. The minimum atomic E-state index is -0.592. The molecule has 10 heteroatoms. The summed E-state index contributed by atoms with van der Waals surface area (Å²) in [5, 5.41) is 32.7. The van der Waals surface area contributed by atoms with Gasteiger partial charge in [-0.2, -0.15) is 15.4 Å². The van der Waals surface area contributed by atoms with E-state index in [0.717, 1.165) is 62.6 Å². The second-order valence-electron chi connectivity index (χ2n) is 7.71. The summed E-state index contributed by atoms with van der Waals surface area (Å²) in [5.41, 5.74) is 2.60. The summed E-state index contributed by atoms with van der Waals surface area (Å²) in [6.45, 7) is 5.35. The van der Waals surface area contributed by atoms with E-state index in [-0.39, 0.29) is 13.1 Å². The van der Waals surface area contributed by atoms with E-state index in [4.69, 9.17) is 24.7 Å². The Morgan fingerprint density at radius 3 is 2.88 bits per heavy atom. The zero-order chi connectivity index (χ0) is 22.8. The normalized spacial score (nSPS) is 17.4. The van der Waals surface area contributed by atoms with Crippen LogP contribution in [0.15, 0.2) is 30.3 Å². The van der Waals surface area contributed by atoms with Gasteiger partial charge in [0.15, 0.2) is 5.69 Å². The Bertz CT molecular complexity index is 906. The molecule has 0 bridgehead atoms. The molecule has 1 atom stereocenters. The lowest BCUT2D eigenvalue weighted by molar-refractivity contribution is -0.122. The quantitative estimate of drug-likeness (QED) is 0.608. The molecule has 32 heavy (non-hydrogen) atoms. The van der Waals surface area contributed by atoms with Gasteiger partial charge >= 0.3 is 0 Å². The van der Waals surface area contributed by atoms with E-state index < -0.39 is 6.10 Å². The molecule has 0 spiro atoms. The lowest BCUT2D eigenvalue weighted by atomic mass is 10.2. The molecule has 0 radical (unpaired) electrons. The molecule has 2 aromatic rings. The average Bonchev–Trinajstić information content (AvgIpc) is 3.39. The van der Waals surface area contributed by atoms with Gasteiger partial charge in [-0.25, -0.2) is 0 Å². The molecule has 2 N–H and O–H groups in total. The molecule has 0 saturated carbocycles. The number of ether oxygens (including phenoxy) is 1. The number of benzene rings is 1. The van der Waals surface area contributed by atoms with Gasteiger partial charge in [0.2, 0.25) is 0 Å². The van der Waals surface area contributed by atoms with Crippen molar-refractivity contribution in [1.82, 2.24) is 19.7 Å². The molecule has 3 heterocycles. The Balaban J connectivity index is 0.000000913. The maximum Gasteiger partial charge on any atom is 0.290 e. The highest BCUT2D eigenvalue weighted by atomic mass is 16.7. The van der Waals surface area contributed by atoms with Crippen LogP contribution in [0.1, 0.15) is 29.8 Å². The van der Waals surface area contributed by atoms with E-state index >= 15 is 0 Å². The number of hydrogen-bond acceptors (Lipinski definition) is 8. The van der Waals surface area contributed by atoms with Crippen LogP contribution in [-0.4, -0.2) is 75.4 Å². The number of nitriles is 1. The fraction of sp³-hybridized carbons (Fsp3) is 0.500. The summed E-state index contributed by atoms with van der Waals surface area (Å²) in [5.74, 6) is 0.758. The SMILES string of the molecule is N#Cc1cc2n(n1)CCCN(CC(O)COc1cccc(CN3CCCO3)c1)C2.O=CO. The number of aliphatic hydroxyl groups is 1. The van der Waals surface area contributed by atoms with Crippen LogP contribution in [0.2, 0.25) is 0 Å². The number of aromatic nitrogens is 2. The van der Waals surface area contributed by atoms with Crippen molar-refractivity contribution >= 4 is 6.47 Å². The first-order valence-electron chi connectivity index (χ1n) is 10.7. The maximum atomic E-state index is 10.5. The van der Waals surface area contributed by atoms with E-state index in [1.165, 1.54) is 0 Å². The van der Waals surface area contributed by atoms with E-state index in [9.17, 15) is 5.11 Å². The monoisotopic (exact) mass is 443 g/mol. The van der Waals surface area contributed by atoms with Crippen molar-refractivity contribution in [3.05, 3.63) is 47.3 Å². The highest BCUT2D eigenvalue weighted by Crippen LogP contribution is 2.18. The number of rotatable bonds is 7. The van der Waals surface area contributed by atoms with Gasteiger partial charge in [0.25, 0.3) is 6.47 Å². The van der Waals surface area contributed by atoms with Gasteiger partial charge in [0.1, 0.15) is 24.5 Å². The van der Waals surface area contributed by atoms with Crippen LogP contribution in [0, 0.1) is 11.3 Å². The van der Waals surface area contributed by atoms with Gasteiger partial charge in [-0.05, 0) is 36.6 Å². The molecule has 1 unspecified atom stereocenters. The summed E-state index contributed by atoms with van der Waals surface area (Å²) >= 11 is 0. The number of aryl methyl sites for hydroxylation is 1. The molecular formula is C22H29N5O5. The number of aliphatic hydroxyl groups excluding tert-OH is 1. The van der Waals surface area contributed by atoms with Crippen molar-refractivity contribution in [2.75, 3.05) is 32.8 Å². The van der Waals surface area contributed by atoms with Crippen molar-refractivity contribution in [2.45, 2.75) is 38.6 Å². The number of hydrogen-bond donors (Lipinski definition) is 2. The smallest absolute Gasteiger partial charge is 0.290 e. The third kappa shape index (κ3) is 7.03. The van der Waals surface area contributed by atoms with Crippen molar-refractivity contribution < 1.29 is 24.6 Å². The van der Waals surface area contributed by atoms with E-state index in [1.54, 1.807) is 0 Å². The van der Waals surface area contributed by atoms with E-state index in [2.05, 4.69) is 22.1 Å². The number of carboxylic acid groups (broad SMARTS) is 1. The van der Waals surface area contributed by atoms with E-state index in [1.807, 2.05) is 34.0 Å². The van der Waals surface area contributed by atoms with Crippen LogP contribution in [0.3, 0.4) is 0 Å². The predicted molar refractivity (Wildman–Crippen MR) is 114 cm³/mol. The fourth-order valence-corrected chi connectivity index (χ4v) is 3.84. The molecule has 1 saturated heterocycles. The van der Waals surface area contributed by atoms with E-state index in [0.29, 0.717) is 18.8 Å². The maximum absolute atomic E-state index is 10.5. The molecule has 1 fully saturated rings. The molecule has 2 aliphatic heterocycles. The number of carbonyl (C=O) groups is 1. The topological polar surface area (TPSA) is 124 Å². The Labute approximate surface area is 187 Å². The van der Waals surface area contributed by atoms with Crippen LogP contribution in [0.25, 0.3) is 0 Å².